The highest BCUT2D eigenvalue weighted by atomic mass is 32.2. The van der Waals surface area contributed by atoms with Gasteiger partial charge in [0, 0.05) is 31.2 Å². The van der Waals surface area contributed by atoms with Gasteiger partial charge in [-0.1, -0.05) is 62.7 Å². The molecule has 37 heavy (non-hydrogen) atoms. The van der Waals surface area contributed by atoms with Gasteiger partial charge in [0.25, 0.3) is 0 Å². The number of nitrogen functional groups attached to an aromatic ring is 1. The molecule has 1 unspecified atom stereocenters. The Balaban J connectivity index is 1.47. The van der Waals surface area contributed by atoms with Crippen molar-refractivity contribution >= 4 is 32.4 Å². The Morgan fingerprint density at radius 3 is 2.38 bits per heavy atom. The molecule has 3 rings (SSSR count). The molecule has 1 amide bonds. The summed E-state index contributed by atoms with van der Waals surface area (Å²) >= 11 is 0. The number of rotatable bonds is 14. The fraction of sp³-hybridized carbons (Fsp3) is 0.414. The number of aryl methyl sites for hydroxylation is 1. The van der Waals surface area contributed by atoms with Crippen LogP contribution in [0.2, 0.25) is 0 Å². The van der Waals surface area contributed by atoms with Gasteiger partial charge in [0.2, 0.25) is 15.9 Å². The van der Waals surface area contributed by atoms with Gasteiger partial charge in [-0.3, -0.25) is 4.79 Å². The first-order chi connectivity index (χ1) is 17.7. The van der Waals surface area contributed by atoms with E-state index < -0.39 is 16.1 Å². The van der Waals surface area contributed by atoms with Crippen LogP contribution in [0.5, 0.6) is 0 Å². The van der Waals surface area contributed by atoms with E-state index in [9.17, 15) is 18.3 Å². The van der Waals surface area contributed by atoms with Crippen LogP contribution in [-0.2, 0) is 21.2 Å². The molecule has 4 N–H and O–H groups in total. The van der Waals surface area contributed by atoms with Crippen molar-refractivity contribution in [1.82, 2.24) is 9.62 Å². The number of amides is 1. The number of nitrogens with two attached hydrogens (primary N) is 1. The molecule has 0 aromatic heterocycles. The summed E-state index contributed by atoms with van der Waals surface area (Å²) in [6.45, 7) is 4.47. The summed E-state index contributed by atoms with van der Waals surface area (Å²) in [5.41, 5.74) is 7.34. The fourth-order valence-electron chi connectivity index (χ4n) is 4.38. The third-order valence-electron chi connectivity index (χ3n) is 6.39. The Kier molecular flexibility index (Phi) is 10.5. The summed E-state index contributed by atoms with van der Waals surface area (Å²) in [4.78, 5) is 12.5. The molecule has 0 heterocycles. The number of anilines is 1. The van der Waals surface area contributed by atoms with Crippen molar-refractivity contribution in [2.75, 3.05) is 25.4 Å². The Hall–Kier alpha value is -2.94. The van der Waals surface area contributed by atoms with Gasteiger partial charge in [-0.2, -0.15) is 4.31 Å². The molecule has 0 bridgehead atoms. The number of aliphatic hydroxyl groups excluding tert-OH is 1. The Morgan fingerprint density at radius 1 is 1.00 bits per heavy atom. The second-order valence-electron chi connectivity index (χ2n) is 9.90. The first-order valence-electron chi connectivity index (χ1n) is 12.9. The Bertz CT molecular complexity index is 1260. The molecule has 7 nitrogen and oxygen atoms in total. The van der Waals surface area contributed by atoms with E-state index in [1.807, 2.05) is 26.0 Å². The predicted octanol–water partition coefficient (Wildman–Crippen LogP) is 4.35. The lowest BCUT2D eigenvalue weighted by molar-refractivity contribution is -0.121. The largest absolute Gasteiger partial charge is 0.399 e. The number of nitrogens with zero attached hydrogens (tertiary/aromatic N) is 1. The van der Waals surface area contributed by atoms with Crippen LogP contribution in [0.3, 0.4) is 0 Å². The minimum absolute atomic E-state index is 0.000713. The van der Waals surface area contributed by atoms with E-state index in [1.165, 1.54) is 27.2 Å². The maximum absolute atomic E-state index is 13.3. The zero-order chi connectivity index (χ0) is 26.8. The summed E-state index contributed by atoms with van der Waals surface area (Å²) in [7, 11) is -3.78. The summed E-state index contributed by atoms with van der Waals surface area (Å²) in [6.07, 6.45) is 2.98. The van der Waals surface area contributed by atoms with Gasteiger partial charge < -0.3 is 16.2 Å². The number of hydrogen-bond acceptors (Lipinski definition) is 5. The summed E-state index contributed by atoms with van der Waals surface area (Å²) in [5, 5.41) is 15.4. The lowest BCUT2D eigenvalue weighted by Crippen LogP contribution is -2.44. The van der Waals surface area contributed by atoms with Crippen LogP contribution in [0.15, 0.2) is 71.6 Å². The smallest absolute Gasteiger partial charge is 0.243 e. The fourth-order valence-corrected chi connectivity index (χ4v) is 6.19. The molecule has 3 aromatic carbocycles. The van der Waals surface area contributed by atoms with Crippen molar-refractivity contribution in [1.29, 1.82) is 0 Å². The van der Waals surface area contributed by atoms with E-state index in [0.29, 0.717) is 50.9 Å². The number of aliphatic hydroxyl groups is 1. The molecule has 0 fully saturated rings. The van der Waals surface area contributed by atoms with Gasteiger partial charge in [-0.05, 0) is 65.8 Å². The van der Waals surface area contributed by atoms with Crippen molar-refractivity contribution in [2.24, 2.45) is 5.92 Å². The minimum Gasteiger partial charge on any atom is -0.399 e. The van der Waals surface area contributed by atoms with Crippen molar-refractivity contribution in [3.8, 4) is 0 Å². The summed E-state index contributed by atoms with van der Waals surface area (Å²) in [5.74, 6) is 0.0960. The van der Waals surface area contributed by atoms with Crippen molar-refractivity contribution in [3.63, 3.8) is 0 Å². The molecule has 0 saturated heterocycles. The topological polar surface area (TPSA) is 113 Å². The molecule has 0 aliphatic heterocycles. The second kappa shape index (κ2) is 13.6. The van der Waals surface area contributed by atoms with Gasteiger partial charge >= 0.3 is 0 Å². The summed E-state index contributed by atoms with van der Waals surface area (Å²) in [6, 6.07) is 20.0. The molecular weight excluding hydrogens is 486 g/mol. The molecule has 0 spiro atoms. The average molecular weight is 526 g/mol. The zero-order valence-corrected chi connectivity index (χ0v) is 22.6. The van der Waals surface area contributed by atoms with Crippen molar-refractivity contribution in [3.05, 3.63) is 72.3 Å². The molecule has 0 saturated carbocycles. The SMILES string of the molecule is CC(C)CN(C(CO)CCCCNC(=O)CCc1ccc2ccccc2c1)S(=O)(=O)c1ccc(N)cc1. The first kappa shape index (κ1) is 28.6. The third-order valence-corrected chi connectivity index (χ3v) is 8.32. The third kappa shape index (κ3) is 8.28. The number of benzene rings is 3. The highest BCUT2D eigenvalue weighted by molar-refractivity contribution is 7.89. The zero-order valence-electron chi connectivity index (χ0n) is 21.8. The molecule has 3 aromatic rings. The average Bonchev–Trinajstić information content (AvgIpc) is 2.88. The lowest BCUT2D eigenvalue weighted by atomic mass is 10.0. The van der Waals surface area contributed by atoms with Crippen LogP contribution >= 0.6 is 0 Å². The quantitative estimate of drug-likeness (QED) is 0.214. The highest BCUT2D eigenvalue weighted by Gasteiger charge is 2.31. The maximum Gasteiger partial charge on any atom is 0.243 e. The van der Waals surface area contributed by atoms with Crippen LogP contribution < -0.4 is 11.1 Å². The molecule has 8 heteroatoms. The minimum atomic E-state index is -3.78. The molecule has 0 radical (unpaired) electrons. The lowest BCUT2D eigenvalue weighted by Gasteiger charge is -2.31. The summed E-state index contributed by atoms with van der Waals surface area (Å²) < 4.78 is 28.1. The number of unbranched alkanes of at least 4 members (excludes halogenated alkanes) is 1. The predicted molar refractivity (Wildman–Crippen MR) is 150 cm³/mol. The van der Waals surface area contributed by atoms with Crippen LogP contribution in [0.1, 0.15) is 45.1 Å². The van der Waals surface area contributed by atoms with Gasteiger partial charge in [0.05, 0.1) is 11.5 Å². The second-order valence-corrected chi connectivity index (χ2v) is 11.8. The van der Waals surface area contributed by atoms with Gasteiger partial charge in [-0.25, -0.2) is 8.42 Å². The van der Waals surface area contributed by atoms with Crippen molar-refractivity contribution in [2.45, 2.75) is 56.9 Å². The van der Waals surface area contributed by atoms with Crippen LogP contribution in [0.4, 0.5) is 5.69 Å². The number of fused-ring (bicyclic) bond motifs is 1. The van der Waals surface area contributed by atoms with E-state index in [0.717, 1.165) is 5.56 Å². The first-order valence-corrected chi connectivity index (χ1v) is 14.4. The monoisotopic (exact) mass is 525 g/mol. The Labute approximate surface area is 220 Å². The maximum atomic E-state index is 13.3. The molecule has 1 atom stereocenters. The Morgan fingerprint density at radius 2 is 1.70 bits per heavy atom. The number of nitrogens with one attached hydrogen (secondary N) is 1. The number of hydrogen-bond donors (Lipinski definition) is 3. The molecule has 0 aliphatic rings. The van der Waals surface area contributed by atoms with Gasteiger partial charge in [0.1, 0.15) is 0 Å². The van der Waals surface area contributed by atoms with Crippen LogP contribution in [0, 0.1) is 5.92 Å². The molecule has 200 valence electrons. The molecular formula is C29H39N3O4S. The van der Waals surface area contributed by atoms with Gasteiger partial charge in [0.15, 0.2) is 0 Å². The number of carbonyl (C=O) groups is 1. The van der Waals surface area contributed by atoms with Crippen LogP contribution in [0.25, 0.3) is 10.8 Å². The van der Waals surface area contributed by atoms with Gasteiger partial charge in [-0.15, -0.1) is 0 Å². The normalized spacial score (nSPS) is 12.8. The van der Waals surface area contributed by atoms with E-state index >= 15 is 0 Å². The standard InChI is InChI=1S/C29H39N3O4S/c1-22(2)20-32(37(35,36)28-15-13-26(30)14-16-28)27(21-33)9-5-6-18-31-29(34)17-11-23-10-12-24-7-3-4-8-25(24)19-23/h3-4,7-8,10,12-16,19,22,27,33H,5-6,9,11,17-18,20-21,30H2,1-2H3,(H,31,34). The van der Waals surface area contributed by atoms with Crippen molar-refractivity contribution < 1.29 is 18.3 Å². The van der Waals surface area contributed by atoms with E-state index in [1.54, 1.807) is 12.1 Å². The number of carbonyl (C=O) groups excluding carboxylic acids is 1. The van der Waals surface area contributed by atoms with E-state index in [4.69, 9.17) is 5.73 Å². The van der Waals surface area contributed by atoms with E-state index in [-0.39, 0.29) is 23.3 Å². The number of sulfonamides is 1. The van der Waals surface area contributed by atoms with Crippen LogP contribution in [-0.4, -0.2) is 49.5 Å². The highest BCUT2D eigenvalue weighted by Crippen LogP contribution is 2.23. The molecule has 0 aliphatic carbocycles. The van der Waals surface area contributed by atoms with E-state index in [2.05, 4.69) is 35.6 Å².